The van der Waals surface area contributed by atoms with Crippen LogP contribution in [0.3, 0.4) is 0 Å². The maximum Gasteiger partial charge on any atom is 0.156 e. The fourth-order valence-corrected chi connectivity index (χ4v) is 2.64. The van der Waals surface area contributed by atoms with Crippen molar-refractivity contribution in [1.29, 1.82) is 0 Å². The van der Waals surface area contributed by atoms with Crippen LogP contribution >= 0.6 is 0 Å². The van der Waals surface area contributed by atoms with Crippen molar-refractivity contribution in [1.82, 2.24) is 4.90 Å². The molecule has 1 aliphatic rings. The molecule has 2 rings (SSSR count). The average molecular weight is 265 g/mol. The third kappa shape index (κ3) is 3.23. The van der Waals surface area contributed by atoms with E-state index in [0.717, 1.165) is 36.9 Å². The fourth-order valence-electron chi connectivity index (χ4n) is 2.64. The summed E-state index contributed by atoms with van der Waals surface area (Å²) in [5.74, 6) is 0.0485. The van der Waals surface area contributed by atoms with E-state index < -0.39 is 0 Å². The summed E-state index contributed by atoms with van der Waals surface area (Å²) in [6, 6.07) is 4.80. The monoisotopic (exact) mass is 265 g/mol. The number of piperidine rings is 1. The van der Waals surface area contributed by atoms with Crippen LogP contribution in [-0.4, -0.2) is 28.5 Å². The third-order valence-electron chi connectivity index (χ3n) is 3.75. The summed E-state index contributed by atoms with van der Waals surface area (Å²) in [5, 5.41) is 12.0. The highest BCUT2D eigenvalue weighted by Gasteiger charge is 2.26. The smallest absolute Gasteiger partial charge is 0.156 e. The van der Waals surface area contributed by atoms with Gasteiger partial charge in [-0.1, -0.05) is 17.6 Å². The van der Waals surface area contributed by atoms with Crippen LogP contribution in [0.1, 0.15) is 30.4 Å². The number of nitrogens with two attached hydrogens (primary N) is 1. The second-order valence-corrected chi connectivity index (χ2v) is 5.08. The zero-order valence-corrected chi connectivity index (χ0v) is 11.1. The number of amidine groups is 1. The van der Waals surface area contributed by atoms with E-state index >= 15 is 0 Å². The molecule has 0 spiro atoms. The highest BCUT2D eigenvalue weighted by Crippen LogP contribution is 2.21. The molecule has 104 valence electrons. The highest BCUT2D eigenvalue weighted by molar-refractivity contribution is 5.85. The quantitative estimate of drug-likeness (QED) is 0.381. The van der Waals surface area contributed by atoms with Gasteiger partial charge in [0.25, 0.3) is 0 Å². The molecule has 0 bridgehead atoms. The fraction of sp³-hybridized carbons (Fsp3) is 0.500. The topological polar surface area (TPSA) is 61.8 Å². The van der Waals surface area contributed by atoms with Crippen LogP contribution in [-0.2, 0) is 6.54 Å². The Kier molecular flexibility index (Phi) is 4.37. The maximum atomic E-state index is 13.1. The van der Waals surface area contributed by atoms with Gasteiger partial charge in [0.05, 0.1) is 6.04 Å². The van der Waals surface area contributed by atoms with Crippen LogP contribution in [0.2, 0.25) is 0 Å². The molecule has 19 heavy (non-hydrogen) atoms. The number of aryl methyl sites for hydroxylation is 1. The van der Waals surface area contributed by atoms with Crippen LogP contribution in [0.4, 0.5) is 4.39 Å². The Bertz CT molecular complexity index is 476. The summed E-state index contributed by atoms with van der Waals surface area (Å²) in [5.41, 5.74) is 7.77. The van der Waals surface area contributed by atoms with Crippen LogP contribution in [0.5, 0.6) is 0 Å². The summed E-state index contributed by atoms with van der Waals surface area (Å²) >= 11 is 0. The van der Waals surface area contributed by atoms with Crippen molar-refractivity contribution >= 4 is 5.84 Å². The summed E-state index contributed by atoms with van der Waals surface area (Å²) in [7, 11) is 0. The highest BCUT2D eigenvalue weighted by atomic mass is 19.1. The molecule has 1 heterocycles. The van der Waals surface area contributed by atoms with Gasteiger partial charge in [0, 0.05) is 6.54 Å². The van der Waals surface area contributed by atoms with Gasteiger partial charge in [-0.2, -0.15) is 0 Å². The molecule has 0 aromatic heterocycles. The van der Waals surface area contributed by atoms with E-state index in [1.54, 1.807) is 0 Å². The first-order valence-corrected chi connectivity index (χ1v) is 6.58. The molecule has 1 unspecified atom stereocenters. The van der Waals surface area contributed by atoms with Crippen molar-refractivity contribution in [2.75, 3.05) is 6.54 Å². The van der Waals surface area contributed by atoms with E-state index in [4.69, 9.17) is 10.9 Å². The van der Waals surface area contributed by atoms with Crippen molar-refractivity contribution in [3.63, 3.8) is 0 Å². The van der Waals surface area contributed by atoms with Gasteiger partial charge in [0.15, 0.2) is 5.84 Å². The van der Waals surface area contributed by atoms with E-state index in [0.29, 0.717) is 6.54 Å². The SMILES string of the molecule is Cc1cc(F)ccc1CN1CCCCC1/C(N)=N/O. The molecule has 1 atom stereocenters. The normalized spacial score (nSPS) is 21.6. The largest absolute Gasteiger partial charge is 0.409 e. The molecule has 0 radical (unpaired) electrons. The van der Waals surface area contributed by atoms with Gasteiger partial charge in [-0.15, -0.1) is 0 Å². The first kappa shape index (κ1) is 13.8. The van der Waals surface area contributed by atoms with Crippen molar-refractivity contribution in [3.05, 3.63) is 35.1 Å². The Labute approximate surface area is 112 Å². The van der Waals surface area contributed by atoms with Crippen molar-refractivity contribution in [2.24, 2.45) is 10.9 Å². The lowest BCUT2D eigenvalue weighted by atomic mass is 9.99. The molecule has 1 aromatic rings. The number of nitrogens with zero attached hydrogens (tertiary/aromatic N) is 2. The van der Waals surface area contributed by atoms with Gasteiger partial charge in [-0.05, 0) is 49.6 Å². The number of rotatable bonds is 3. The molecule has 5 heteroatoms. The Hall–Kier alpha value is -1.62. The van der Waals surface area contributed by atoms with Gasteiger partial charge >= 0.3 is 0 Å². The molecule has 0 aliphatic carbocycles. The van der Waals surface area contributed by atoms with Crippen molar-refractivity contribution in [3.8, 4) is 0 Å². The van der Waals surface area contributed by atoms with Gasteiger partial charge in [-0.25, -0.2) is 4.39 Å². The summed E-state index contributed by atoms with van der Waals surface area (Å²) in [6.07, 6.45) is 3.09. The van der Waals surface area contributed by atoms with Crippen LogP contribution in [0.25, 0.3) is 0 Å². The molecule has 1 fully saturated rings. The minimum Gasteiger partial charge on any atom is -0.409 e. The predicted octanol–water partition coefficient (Wildman–Crippen LogP) is 2.24. The van der Waals surface area contributed by atoms with Crippen LogP contribution in [0.15, 0.2) is 23.4 Å². The predicted molar refractivity (Wildman–Crippen MR) is 72.6 cm³/mol. The number of hydrogen-bond acceptors (Lipinski definition) is 3. The van der Waals surface area contributed by atoms with Gasteiger partial charge < -0.3 is 10.9 Å². The minimum absolute atomic E-state index is 0.0248. The summed E-state index contributed by atoms with van der Waals surface area (Å²) in [6.45, 7) is 3.52. The molecule has 1 saturated heterocycles. The molecule has 3 N–H and O–H groups in total. The molecule has 4 nitrogen and oxygen atoms in total. The lowest BCUT2D eigenvalue weighted by molar-refractivity contribution is 0.178. The van der Waals surface area contributed by atoms with Crippen molar-refractivity contribution in [2.45, 2.75) is 38.8 Å². The van der Waals surface area contributed by atoms with Crippen LogP contribution in [0, 0.1) is 12.7 Å². The van der Waals surface area contributed by atoms with E-state index in [-0.39, 0.29) is 17.7 Å². The standard InChI is InChI=1S/C14H20FN3O/c1-10-8-12(15)6-5-11(10)9-18-7-3-2-4-13(18)14(16)17-19/h5-6,8,13,19H,2-4,7,9H2,1H3,(H2,16,17). The Morgan fingerprint density at radius 1 is 1.53 bits per heavy atom. The zero-order valence-electron chi connectivity index (χ0n) is 11.1. The van der Waals surface area contributed by atoms with Gasteiger partial charge in [0.2, 0.25) is 0 Å². The second-order valence-electron chi connectivity index (χ2n) is 5.08. The molecule has 1 aromatic carbocycles. The molecular formula is C14H20FN3O. The number of benzene rings is 1. The van der Waals surface area contributed by atoms with Crippen LogP contribution < -0.4 is 5.73 Å². The molecule has 0 amide bonds. The Morgan fingerprint density at radius 3 is 3.00 bits per heavy atom. The molecular weight excluding hydrogens is 245 g/mol. The lowest BCUT2D eigenvalue weighted by Gasteiger charge is -2.35. The summed E-state index contributed by atoms with van der Waals surface area (Å²) < 4.78 is 13.1. The zero-order chi connectivity index (χ0) is 13.8. The summed E-state index contributed by atoms with van der Waals surface area (Å²) in [4.78, 5) is 2.19. The number of likely N-dealkylation sites (tertiary alicyclic amines) is 1. The first-order chi connectivity index (χ1) is 9.11. The van der Waals surface area contributed by atoms with Crippen molar-refractivity contribution < 1.29 is 9.60 Å². The maximum absolute atomic E-state index is 13.1. The minimum atomic E-state index is -0.215. The third-order valence-corrected chi connectivity index (χ3v) is 3.75. The molecule has 1 aliphatic heterocycles. The second kappa shape index (κ2) is 6.02. The van der Waals surface area contributed by atoms with E-state index in [2.05, 4.69) is 10.1 Å². The lowest BCUT2D eigenvalue weighted by Crippen LogP contribution is -2.47. The Balaban J connectivity index is 2.15. The van der Waals surface area contributed by atoms with Gasteiger partial charge in [-0.3, -0.25) is 4.90 Å². The number of oxime groups is 1. The van der Waals surface area contributed by atoms with E-state index in [1.165, 1.54) is 12.1 Å². The number of halogens is 1. The van der Waals surface area contributed by atoms with E-state index in [9.17, 15) is 4.39 Å². The molecule has 0 saturated carbocycles. The van der Waals surface area contributed by atoms with E-state index in [1.807, 2.05) is 13.0 Å². The first-order valence-electron chi connectivity index (χ1n) is 6.58. The Morgan fingerprint density at radius 2 is 2.32 bits per heavy atom. The number of hydrogen-bond donors (Lipinski definition) is 2. The average Bonchev–Trinajstić information content (AvgIpc) is 2.41. The van der Waals surface area contributed by atoms with Gasteiger partial charge in [0.1, 0.15) is 5.82 Å².